The number of ether oxygens (including phenoxy) is 1. The van der Waals surface area contributed by atoms with Crippen LogP contribution in [-0.4, -0.2) is 29.9 Å². The molecule has 2 aromatic rings. The summed E-state index contributed by atoms with van der Waals surface area (Å²) >= 11 is 1.65. The summed E-state index contributed by atoms with van der Waals surface area (Å²) in [6.45, 7) is 1.53. The molecule has 1 N–H and O–H groups in total. The maximum absolute atomic E-state index is 12.5. The first-order valence-corrected chi connectivity index (χ1v) is 9.87. The summed E-state index contributed by atoms with van der Waals surface area (Å²) in [6, 6.07) is 14.2. The Hall–Kier alpha value is -1.85. The molecule has 3 rings (SSSR count). The van der Waals surface area contributed by atoms with Crippen LogP contribution in [0.25, 0.3) is 0 Å². The van der Waals surface area contributed by atoms with Crippen molar-refractivity contribution in [2.45, 2.75) is 24.6 Å². The van der Waals surface area contributed by atoms with Gasteiger partial charge < -0.3 is 10.1 Å². The molecule has 0 bridgehead atoms. The Balaban J connectivity index is 1.56. The largest absolute Gasteiger partial charge is 0.381 e. The number of pyridine rings is 1. The quantitative estimate of drug-likeness (QED) is 0.823. The highest BCUT2D eigenvalue weighted by Gasteiger charge is 2.27. The van der Waals surface area contributed by atoms with Crippen molar-refractivity contribution in [1.82, 2.24) is 10.3 Å². The van der Waals surface area contributed by atoms with Gasteiger partial charge in [0.2, 0.25) is 5.91 Å². The van der Waals surface area contributed by atoms with Crippen LogP contribution in [-0.2, 0) is 15.3 Å². The predicted octanol–water partition coefficient (Wildman–Crippen LogP) is 3.60. The van der Waals surface area contributed by atoms with Crippen molar-refractivity contribution >= 4 is 17.7 Å². The second kappa shape index (κ2) is 9.59. The third-order valence-electron chi connectivity index (χ3n) is 4.44. The maximum atomic E-state index is 12.5. The summed E-state index contributed by atoms with van der Waals surface area (Å²) in [5.41, 5.74) is 2.32. The molecule has 4 nitrogen and oxygen atoms in total. The van der Waals surface area contributed by atoms with Crippen LogP contribution >= 0.6 is 11.8 Å². The molecule has 0 radical (unpaired) electrons. The number of nitrogens with one attached hydrogen (secondary N) is 1. The van der Waals surface area contributed by atoms with Crippen LogP contribution < -0.4 is 5.32 Å². The molecule has 2 heterocycles. The lowest BCUT2D eigenvalue weighted by Gasteiger charge is -2.31. The van der Waals surface area contributed by atoms with E-state index >= 15 is 0 Å². The third kappa shape index (κ3) is 5.58. The molecule has 1 fully saturated rings. The highest BCUT2D eigenvalue weighted by Crippen LogP contribution is 2.29. The van der Waals surface area contributed by atoms with Gasteiger partial charge in [0.25, 0.3) is 0 Å². The van der Waals surface area contributed by atoms with Crippen molar-refractivity contribution in [1.29, 1.82) is 0 Å². The van der Waals surface area contributed by atoms with Gasteiger partial charge in [-0.3, -0.25) is 9.78 Å². The smallest absolute Gasteiger partial charge is 0.230 e. The van der Waals surface area contributed by atoms with E-state index in [0.717, 1.165) is 37.4 Å². The van der Waals surface area contributed by atoms with E-state index in [4.69, 9.17) is 4.74 Å². The maximum Gasteiger partial charge on any atom is 0.230 e. The Morgan fingerprint density at radius 1 is 1.20 bits per heavy atom. The van der Waals surface area contributed by atoms with Crippen LogP contribution in [0.4, 0.5) is 0 Å². The Morgan fingerprint density at radius 3 is 2.72 bits per heavy atom. The van der Waals surface area contributed by atoms with Gasteiger partial charge in [0, 0.05) is 31.4 Å². The molecule has 1 aromatic carbocycles. The van der Waals surface area contributed by atoms with E-state index in [2.05, 4.69) is 22.4 Å². The lowest BCUT2D eigenvalue weighted by atomic mass is 9.87. The van der Waals surface area contributed by atoms with Gasteiger partial charge in [0.15, 0.2) is 0 Å². The number of benzene rings is 1. The minimum absolute atomic E-state index is 0.0161. The number of carbonyl (C=O) groups excluding carboxylic acids is 1. The van der Waals surface area contributed by atoms with Crippen LogP contribution in [0.3, 0.4) is 0 Å². The van der Waals surface area contributed by atoms with Gasteiger partial charge in [-0.15, -0.1) is 11.8 Å². The molecule has 132 valence electrons. The van der Waals surface area contributed by atoms with Crippen LogP contribution in [0.1, 0.15) is 30.0 Å². The molecule has 0 unspecified atom stereocenters. The van der Waals surface area contributed by atoms with Crippen LogP contribution in [0, 0.1) is 5.92 Å². The fourth-order valence-electron chi connectivity index (χ4n) is 3.13. The lowest BCUT2D eigenvalue weighted by Crippen LogP contribution is -2.37. The number of hydrogen-bond acceptors (Lipinski definition) is 4. The van der Waals surface area contributed by atoms with E-state index in [9.17, 15) is 4.79 Å². The average Bonchev–Trinajstić information content (AvgIpc) is 2.68. The summed E-state index contributed by atoms with van der Waals surface area (Å²) in [5.74, 6) is 1.81. The van der Waals surface area contributed by atoms with E-state index in [-0.39, 0.29) is 11.9 Å². The summed E-state index contributed by atoms with van der Waals surface area (Å²) in [5, 5.41) is 3.23. The number of rotatable bonds is 7. The molecule has 5 heteroatoms. The molecule has 1 aliphatic heterocycles. The summed E-state index contributed by atoms with van der Waals surface area (Å²) in [4.78, 5) is 16.7. The average molecular weight is 356 g/mol. The second-order valence-corrected chi connectivity index (χ2v) is 7.25. The molecule has 1 aromatic heterocycles. The monoisotopic (exact) mass is 356 g/mol. The Labute approximate surface area is 153 Å². The fourth-order valence-corrected chi connectivity index (χ4v) is 3.93. The zero-order chi connectivity index (χ0) is 17.3. The van der Waals surface area contributed by atoms with E-state index in [1.807, 2.05) is 36.5 Å². The predicted molar refractivity (Wildman–Crippen MR) is 101 cm³/mol. The van der Waals surface area contributed by atoms with Gasteiger partial charge in [-0.2, -0.15) is 0 Å². The number of carbonyl (C=O) groups is 1. The molecular weight excluding hydrogens is 332 g/mol. The lowest BCUT2D eigenvalue weighted by molar-refractivity contribution is -0.120. The van der Waals surface area contributed by atoms with Crippen molar-refractivity contribution in [3.05, 3.63) is 66.0 Å². The summed E-state index contributed by atoms with van der Waals surface area (Å²) < 4.78 is 5.47. The van der Waals surface area contributed by atoms with Crippen molar-refractivity contribution in [2.24, 2.45) is 5.92 Å². The van der Waals surface area contributed by atoms with Crippen LogP contribution in [0.15, 0.2) is 54.9 Å². The minimum atomic E-state index is 0.0161. The van der Waals surface area contributed by atoms with E-state index < -0.39 is 0 Å². The van der Waals surface area contributed by atoms with Crippen molar-refractivity contribution in [3.8, 4) is 0 Å². The third-order valence-corrected chi connectivity index (χ3v) is 5.45. The Bertz CT molecular complexity index is 645. The molecule has 0 spiro atoms. The SMILES string of the molecule is O=C(CSCc1ccccc1)N[C@H](c1cccnc1)C1CCOCC1. The van der Waals surface area contributed by atoms with Crippen molar-refractivity contribution in [3.63, 3.8) is 0 Å². The number of thioether (sulfide) groups is 1. The molecular formula is C20H24N2O2S. The van der Waals surface area contributed by atoms with E-state index in [1.54, 1.807) is 18.0 Å². The van der Waals surface area contributed by atoms with Crippen molar-refractivity contribution in [2.75, 3.05) is 19.0 Å². The number of amides is 1. The highest BCUT2D eigenvalue weighted by atomic mass is 32.2. The fraction of sp³-hybridized carbons (Fsp3) is 0.400. The van der Waals surface area contributed by atoms with Gasteiger partial charge in [-0.1, -0.05) is 36.4 Å². The number of aromatic nitrogens is 1. The topological polar surface area (TPSA) is 51.2 Å². The van der Waals surface area contributed by atoms with Gasteiger partial charge in [0.05, 0.1) is 11.8 Å². The Kier molecular flexibility index (Phi) is 6.89. The molecule has 1 amide bonds. The van der Waals surface area contributed by atoms with Gasteiger partial charge >= 0.3 is 0 Å². The minimum Gasteiger partial charge on any atom is -0.381 e. The van der Waals surface area contributed by atoms with Crippen molar-refractivity contribution < 1.29 is 9.53 Å². The molecule has 1 atom stereocenters. The summed E-state index contributed by atoms with van der Waals surface area (Å²) in [7, 11) is 0. The van der Waals surface area contributed by atoms with E-state index in [0.29, 0.717) is 11.7 Å². The zero-order valence-corrected chi connectivity index (χ0v) is 15.1. The zero-order valence-electron chi connectivity index (χ0n) is 14.3. The molecule has 1 saturated heterocycles. The standard InChI is InChI=1S/C20H24N2O2S/c23-19(15-25-14-16-5-2-1-3-6-16)22-20(17-8-11-24-12-9-17)18-7-4-10-21-13-18/h1-7,10,13,17,20H,8-9,11-12,14-15H2,(H,22,23)/t20-/m0/s1. The van der Waals surface area contributed by atoms with E-state index in [1.165, 1.54) is 5.56 Å². The first kappa shape index (κ1) is 18.0. The van der Waals surface area contributed by atoms with Gasteiger partial charge in [-0.05, 0) is 36.0 Å². The van der Waals surface area contributed by atoms with Gasteiger partial charge in [-0.25, -0.2) is 0 Å². The second-order valence-electron chi connectivity index (χ2n) is 6.26. The molecule has 1 aliphatic rings. The Morgan fingerprint density at radius 2 is 2.00 bits per heavy atom. The summed E-state index contributed by atoms with van der Waals surface area (Å²) in [6.07, 6.45) is 5.56. The first-order valence-electron chi connectivity index (χ1n) is 8.71. The molecule has 0 aliphatic carbocycles. The van der Waals surface area contributed by atoms with Crippen LogP contribution in [0.5, 0.6) is 0 Å². The normalized spacial score (nSPS) is 16.3. The molecule has 0 saturated carbocycles. The number of nitrogens with zero attached hydrogens (tertiary/aromatic N) is 1. The van der Waals surface area contributed by atoms with Crippen LogP contribution in [0.2, 0.25) is 0 Å². The highest BCUT2D eigenvalue weighted by molar-refractivity contribution is 7.99. The first-order chi connectivity index (χ1) is 12.3. The molecule has 25 heavy (non-hydrogen) atoms. The number of hydrogen-bond donors (Lipinski definition) is 1. The van der Waals surface area contributed by atoms with Gasteiger partial charge in [0.1, 0.15) is 0 Å².